The Balaban J connectivity index is 0. The van der Waals surface area contributed by atoms with Crippen molar-refractivity contribution in [3.8, 4) is 0 Å². The zero-order valence-electron chi connectivity index (χ0n) is 8.29. The predicted molar refractivity (Wildman–Crippen MR) is 61.2 cm³/mol. The number of aryl methyl sites for hydroxylation is 1. The summed E-state index contributed by atoms with van der Waals surface area (Å²) in [5.74, 6) is 4.60. The van der Waals surface area contributed by atoms with Crippen LogP contribution in [0.15, 0.2) is 24.3 Å². The molecule has 0 aromatic heterocycles. The van der Waals surface area contributed by atoms with Gasteiger partial charge in [0.2, 0.25) is 0 Å². The third-order valence-corrected chi connectivity index (χ3v) is 1.41. The first-order valence-electron chi connectivity index (χ1n) is 3.87. The van der Waals surface area contributed by atoms with Gasteiger partial charge in [-0.25, -0.2) is 0 Å². The monoisotopic (exact) mass is 203 g/mol. The van der Waals surface area contributed by atoms with E-state index in [4.69, 9.17) is 0 Å². The molecule has 4 N–H and O–H groups in total. The molecule has 0 aliphatic carbocycles. The van der Waals surface area contributed by atoms with Crippen LogP contribution in [0.25, 0.3) is 0 Å². The third kappa shape index (κ3) is 6.40. The molecule has 0 saturated carbocycles. The van der Waals surface area contributed by atoms with Crippen LogP contribution in [0, 0.1) is 6.92 Å². The van der Waals surface area contributed by atoms with Gasteiger partial charge in [0.25, 0.3) is 0 Å². The standard InChI is InChI=1S/C8H11N.CH6N2.ClH/c1-7-5-3-4-6-8(7)9-2;1-3-2;/h3-6,9H,1-2H3;3H,2H2,1H3;1H. The molecule has 13 heavy (non-hydrogen) atoms. The quantitative estimate of drug-likeness (QED) is 0.480. The SMILES string of the molecule is CNN.CNc1ccccc1C.Cl. The summed E-state index contributed by atoms with van der Waals surface area (Å²) in [5.41, 5.74) is 4.75. The van der Waals surface area contributed by atoms with Gasteiger partial charge in [-0.2, -0.15) is 0 Å². The van der Waals surface area contributed by atoms with Crippen molar-refractivity contribution < 1.29 is 0 Å². The molecule has 0 bridgehead atoms. The first kappa shape index (κ1) is 14.7. The number of hydrogen-bond donors (Lipinski definition) is 3. The van der Waals surface area contributed by atoms with Gasteiger partial charge >= 0.3 is 0 Å². The Morgan fingerprint density at radius 3 is 1.92 bits per heavy atom. The fourth-order valence-corrected chi connectivity index (χ4v) is 0.853. The Hall–Kier alpha value is -0.770. The van der Waals surface area contributed by atoms with Crippen molar-refractivity contribution in [2.45, 2.75) is 6.92 Å². The van der Waals surface area contributed by atoms with Gasteiger partial charge in [-0.05, 0) is 25.6 Å². The summed E-state index contributed by atoms with van der Waals surface area (Å²) in [7, 11) is 3.59. The van der Waals surface area contributed by atoms with Crippen molar-refractivity contribution in [2.75, 3.05) is 19.4 Å². The van der Waals surface area contributed by atoms with Crippen LogP contribution in [0.5, 0.6) is 0 Å². The fourth-order valence-electron chi connectivity index (χ4n) is 0.853. The molecule has 76 valence electrons. The number of anilines is 1. The Morgan fingerprint density at radius 2 is 1.62 bits per heavy atom. The minimum Gasteiger partial charge on any atom is -0.388 e. The average molecular weight is 204 g/mol. The highest BCUT2D eigenvalue weighted by Gasteiger charge is 1.88. The second-order valence-corrected chi connectivity index (χ2v) is 2.35. The summed E-state index contributed by atoms with van der Waals surface area (Å²) in [6.45, 7) is 2.09. The average Bonchev–Trinajstić information content (AvgIpc) is 2.07. The first-order valence-corrected chi connectivity index (χ1v) is 3.87. The molecular formula is C9H18ClN3. The second kappa shape index (κ2) is 9.32. The summed E-state index contributed by atoms with van der Waals surface area (Å²) in [5, 5.41) is 3.10. The van der Waals surface area contributed by atoms with Crippen molar-refractivity contribution in [1.29, 1.82) is 0 Å². The van der Waals surface area contributed by atoms with Crippen molar-refractivity contribution in [3.63, 3.8) is 0 Å². The zero-order chi connectivity index (χ0) is 9.40. The molecular weight excluding hydrogens is 186 g/mol. The zero-order valence-corrected chi connectivity index (χ0v) is 9.11. The lowest BCUT2D eigenvalue weighted by Gasteiger charge is -2.01. The van der Waals surface area contributed by atoms with E-state index in [-0.39, 0.29) is 12.4 Å². The molecule has 4 heteroatoms. The van der Waals surface area contributed by atoms with E-state index in [1.54, 1.807) is 7.05 Å². The van der Waals surface area contributed by atoms with E-state index in [0.29, 0.717) is 0 Å². The van der Waals surface area contributed by atoms with Crippen LogP contribution in [-0.2, 0) is 0 Å². The van der Waals surface area contributed by atoms with Gasteiger partial charge in [-0.3, -0.25) is 11.3 Å². The number of hydrogen-bond acceptors (Lipinski definition) is 3. The van der Waals surface area contributed by atoms with Gasteiger partial charge in [0.05, 0.1) is 0 Å². The number of benzene rings is 1. The number of nitrogens with one attached hydrogen (secondary N) is 2. The van der Waals surface area contributed by atoms with Crippen LogP contribution >= 0.6 is 12.4 Å². The molecule has 0 saturated heterocycles. The van der Waals surface area contributed by atoms with Crippen molar-refractivity contribution in [2.24, 2.45) is 5.84 Å². The van der Waals surface area contributed by atoms with Crippen LogP contribution in [0.4, 0.5) is 5.69 Å². The minimum atomic E-state index is 0. The number of para-hydroxylation sites is 1. The summed E-state index contributed by atoms with van der Waals surface area (Å²) in [4.78, 5) is 0. The van der Waals surface area contributed by atoms with Crippen molar-refractivity contribution in [3.05, 3.63) is 29.8 Å². The summed E-state index contributed by atoms with van der Waals surface area (Å²) >= 11 is 0. The maximum absolute atomic E-state index is 4.60. The van der Waals surface area contributed by atoms with Crippen LogP contribution in [0.1, 0.15) is 5.56 Å². The smallest absolute Gasteiger partial charge is 0.0367 e. The van der Waals surface area contributed by atoms with E-state index in [1.165, 1.54) is 11.3 Å². The number of nitrogens with two attached hydrogens (primary N) is 1. The molecule has 1 aromatic carbocycles. The van der Waals surface area contributed by atoms with Gasteiger partial charge in [0.1, 0.15) is 0 Å². The van der Waals surface area contributed by atoms with E-state index in [1.807, 2.05) is 19.2 Å². The molecule has 1 aromatic rings. The molecule has 0 heterocycles. The Morgan fingerprint density at radius 1 is 1.15 bits per heavy atom. The van der Waals surface area contributed by atoms with E-state index >= 15 is 0 Å². The minimum absolute atomic E-state index is 0. The lowest BCUT2D eigenvalue weighted by Crippen LogP contribution is -2.13. The van der Waals surface area contributed by atoms with Gasteiger partial charge in [-0.1, -0.05) is 18.2 Å². The van der Waals surface area contributed by atoms with Crippen LogP contribution in [-0.4, -0.2) is 14.1 Å². The number of hydrazine groups is 1. The summed E-state index contributed by atoms with van der Waals surface area (Å²) in [6, 6.07) is 8.22. The van der Waals surface area contributed by atoms with Crippen LogP contribution in [0.3, 0.4) is 0 Å². The maximum Gasteiger partial charge on any atom is 0.0367 e. The molecule has 0 aliphatic rings. The highest BCUT2D eigenvalue weighted by atomic mass is 35.5. The highest BCUT2D eigenvalue weighted by molar-refractivity contribution is 5.85. The Bertz CT molecular complexity index is 216. The van der Waals surface area contributed by atoms with Crippen molar-refractivity contribution in [1.82, 2.24) is 5.43 Å². The third-order valence-electron chi connectivity index (χ3n) is 1.41. The highest BCUT2D eigenvalue weighted by Crippen LogP contribution is 2.10. The lowest BCUT2D eigenvalue weighted by atomic mass is 10.2. The molecule has 0 spiro atoms. The van der Waals surface area contributed by atoms with Gasteiger partial charge < -0.3 is 5.32 Å². The van der Waals surface area contributed by atoms with Crippen LogP contribution in [0.2, 0.25) is 0 Å². The van der Waals surface area contributed by atoms with Gasteiger partial charge in [-0.15, -0.1) is 12.4 Å². The summed E-state index contributed by atoms with van der Waals surface area (Å²) < 4.78 is 0. The molecule has 0 fully saturated rings. The largest absolute Gasteiger partial charge is 0.388 e. The maximum atomic E-state index is 4.60. The van der Waals surface area contributed by atoms with Crippen molar-refractivity contribution >= 4 is 18.1 Å². The predicted octanol–water partition coefficient (Wildman–Crippen LogP) is 1.54. The first-order chi connectivity index (χ1) is 5.76. The number of rotatable bonds is 1. The molecule has 0 aliphatic heterocycles. The van der Waals surface area contributed by atoms with E-state index in [2.05, 4.69) is 35.6 Å². The lowest BCUT2D eigenvalue weighted by molar-refractivity contribution is 0.900. The normalized spacial score (nSPS) is 7.69. The Kier molecular flexibility index (Phi) is 10.6. The molecule has 3 nitrogen and oxygen atoms in total. The molecule has 0 amide bonds. The summed E-state index contributed by atoms with van der Waals surface area (Å²) in [6.07, 6.45) is 0. The molecule has 0 atom stereocenters. The van der Waals surface area contributed by atoms with Gasteiger partial charge in [0, 0.05) is 12.7 Å². The Labute approximate surface area is 86.1 Å². The second-order valence-electron chi connectivity index (χ2n) is 2.35. The van der Waals surface area contributed by atoms with Crippen LogP contribution < -0.4 is 16.6 Å². The molecule has 1 rings (SSSR count). The molecule has 0 unspecified atom stereocenters. The van der Waals surface area contributed by atoms with E-state index < -0.39 is 0 Å². The number of halogens is 1. The fraction of sp³-hybridized carbons (Fsp3) is 0.333. The molecule has 0 radical (unpaired) electrons. The van der Waals surface area contributed by atoms with E-state index in [0.717, 1.165) is 0 Å². The van der Waals surface area contributed by atoms with E-state index in [9.17, 15) is 0 Å². The topological polar surface area (TPSA) is 50.1 Å². The van der Waals surface area contributed by atoms with Gasteiger partial charge in [0.15, 0.2) is 0 Å².